The van der Waals surface area contributed by atoms with Crippen LogP contribution in [0.5, 0.6) is 5.75 Å². The van der Waals surface area contributed by atoms with Crippen molar-refractivity contribution in [1.82, 2.24) is 14.7 Å². The molecular weight excluding hydrogens is 390 g/mol. The number of fused-ring (bicyclic) bond motifs is 3. The third-order valence-corrected chi connectivity index (χ3v) is 7.68. The molecule has 0 saturated carbocycles. The molecule has 2 aromatic rings. The maximum atomic E-state index is 13.0. The number of aryl methyl sites for hydroxylation is 3. The smallest absolute Gasteiger partial charge is 0.257 e. The van der Waals surface area contributed by atoms with E-state index in [1.54, 1.807) is 4.68 Å². The Bertz CT molecular complexity index is 1020. The van der Waals surface area contributed by atoms with E-state index in [2.05, 4.69) is 44.1 Å². The van der Waals surface area contributed by atoms with E-state index in [4.69, 9.17) is 9.47 Å². The zero-order chi connectivity index (χ0) is 22.0. The van der Waals surface area contributed by atoms with Gasteiger partial charge in [0, 0.05) is 37.8 Å². The summed E-state index contributed by atoms with van der Waals surface area (Å²) in [4.78, 5) is 15.0. The fraction of sp³-hybridized carbons (Fsp3) is 0.600. The molecule has 3 aliphatic rings. The SMILES string of the molecule is Cc1ccc2c(c1)OC(C)(C)[C@H]1CC3(CCN(C(=O)c4cn(C)nc4C)CC3)CO[C@H]21. The monoisotopic (exact) mass is 423 g/mol. The van der Waals surface area contributed by atoms with Crippen LogP contribution in [0, 0.1) is 25.2 Å². The Kier molecular flexibility index (Phi) is 4.70. The van der Waals surface area contributed by atoms with Gasteiger partial charge in [0.15, 0.2) is 0 Å². The maximum Gasteiger partial charge on any atom is 0.257 e. The summed E-state index contributed by atoms with van der Waals surface area (Å²) in [6.45, 7) is 10.7. The number of likely N-dealkylation sites (tertiary alicyclic amines) is 1. The Morgan fingerprint density at radius 3 is 2.61 bits per heavy atom. The number of carbonyl (C=O) groups is 1. The van der Waals surface area contributed by atoms with Crippen LogP contribution in [-0.4, -0.2) is 45.9 Å². The van der Waals surface area contributed by atoms with E-state index < -0.39 is 0 Å². The summed E-state index contributed by atoms with van der Waals surface area (Å²) in [6.07, 6.45) is 4.93. The van der Waals surface area contributed by atoms with Gasteiger partial charge < -0.3 is 14.4 Å². The fourth-order valence-electron chi connectivity index (χ4n) is 5.77. The first kappa shape index (κ1) is 20.6. The molecule has 2 atom stereocenters. The van der Waals surface area contributed by atoms with Crippen LogP contribution in [0.15, 0.2) is 24.4 Å². The molecular formula is C25H33N3O3. The lowest BCUT2D eigenvalue weighted by Crippen LogP contribution is -2.54. The number of amides is 1. The molecule has 0 radical (unpaired) electrons. The van der Waals surface area contributed by atoms with E-state index in [-0.39, 0.29) is 23.0 Å². The molecule has 1 aromatic heterocycles. The fourth-order valence-corrected chi connectivity index (χ4v) is 5.77. The van der Waals surface area contributed by atoms with E-state index in [1.807, 2.05) is 25.1 Å². The zero-order valence-electron chi connectivity index (χ0n) is 19.3. The van der Waals surface area contributed by atoms with Gasteiger partial charge in [0.1, 0.15) is 11.4 Å². The molecule has 2 fully saturated rings. The number of aromatic nitrogens is 2. The molecule has 4 heterocycles. The maximum absolute atomic E-state index is 13.0. The lowest BCUT2D eigenvalue weighted by Gasteiger charge is -2.54. The summed E-state index contributed by atoms with van der Waals surface area (Å²) in [6, 6.07) is 6.45. The van der Waals surface area contributed by atoms with Crippen LogP contribution in [0.2, 0.25) is 0 Å². The van der Waals surface area contributed by atoms with Gasteiger partial charge in [-0.1, -0.05) is 12.1 Å². The average molecular weight is 424 g/mol. The molecule has 2 saturated heterocycles. The van der Waals surface area contributed by atoms with Crippen molar-refractivity contribution in [2.24, 2.45) is 18.4 Å². The van der Waals surface area contributed by atoms with Crippen LogP contribution >= 0.6 is 0 Å². The number of ether oxygens (including phenoxy) is 2. The van der Waals surface area contributed by atoms with Gasteiger partial charge in [-0.3, -0.25) is 9.48 Å². The van der Waals surface area contributed by atoms with Gasteiger partial charge in [0.2, 0.25) is 0 Å². The minimum absolute atomic E-state index is 0.0858. The zero-order valence-corrected chi connectivity index (χ0v) is 19.3. The number of rotatable bonds is 1. The number of hydrogen-bond donors (Lipinski definition) is 0. The number of nitrogens with zero attached hydrogens (tertiary/aromatic N) is 3. The molecule has 6 heteroatoms. The second-order valence-electron chi connectivity index (χ2n) is 10.4. The number of carbonyl (C=O) groups excluding carboxylic acids is 1. The largest absolute Gasteiger partial charge is 0.487 e. The van der Waals surface area contributed by atoms with Crippen LogP contribution < -0.4 is 4.74 Å². The van der Waals surface area contributed by atoms with Gasteiger partial charge in [-0.15, -0.1) is 0 Å². The van der Waals surface area contributed by atoms with E-state index in [0.29, 0.717) is 11.5 Å². The Balaban J connectivity index is 1.32. The first-order chi connectivity index (χ1) is 14.7. The predicted molar refractivity (Wildman–Crippen MR) is 118 cm³/mol. The van der Waals surface area contributed by atoms with Gasteiger partial charge in [0.25, 0.3) is 5.91 Å². The Hall–Kier alpha value is -2.34. The van der Waals surface area contributed by atoms with Crippen molar-refractivity contribution >= 4 is 5.91 Å². The highest BCUT2D eigenvalue weighted by Gasteiger charge is 2.52. The lowest BCUT2D eigenvalue weighted by atomic mass is 9.64. The van der Waals surface area contributed by atoms with Crippen LogP contribution in [0.4, 0.5) is 0 Å². The molecule has 3 aliphatic heterocycles. The normalized spacial score (nSPS) is 26.2. The quantitative estimate of drug-likeness (QED) is 0.690. The summed E-state index contributed by atoms with van der Waals surface area (Å²) in [5.41, 5.74) is 3.74. The third-order valence-electron chi connectivity index (χ3n) is 7.68. The summed E-state index contributed by atoms with van der Waals surface area (Å²) in [5, 5.41) is 4.33. The van der Waals surface area contributed by atoms with Crippen LogP contribution in [0.25, 0.3) is 0 Å². The second kappa shape index (κ2) is 7.09. The third kappa shape index (κ3) is 3.45. The molecule has 1 amide bonds. The van der Waals surface area contributed by atoms with Crippen molar-refractivity contribution in [1.29, 1.82) is 0 Å². The van der Waals surface area contributed by atoms with Gasteiger partial charge in [0.05, 0.1) is 24.0 Å². The molecule has 0 bridgehead atoms. The van der Waals surface area contributed by atoms with Crippen LogP contribution in [0.1, 0.15) is 66.4 Å². The molecule has 0 aliphatic carbocycles. The van der Waals surface area contributed by atoms with Crippen LogP contribution in [-0.2, 0) is 11.8 Å². The first-order valence-electron chi connectivity index (χ1n) is 11.4. The van der Waals surface area contributed by atoms with Crippen molar-refractivity contribution in [3.63, 3.8) is 0 Å². The minimum Gasteiger partial charge on any atom is -0.487 e. The van der Waals surface area contributed by atoms with Crippen molar-refractivity contribution in [3.05, 3.63) is 46.8 Å². The molecule has 0 unspecified atom stereocenters. The van der Waals surface area contributed by atoms with E-state index in [0.717, 1.165) is 50.4 Å². The van der Waals surface area contributed by atoms with Crippen molar-refractivity contribution in [3.8, 4) is 5.75 Å². The average Bonchev–Trinajstić information content (AvgIpc) is 3.06. The molecule has 1 spiro atoms. The second-order valence-corrected chi connectivity index (χ2v) is 10.4. The molecule has 31 heavy (non-hydrogen) atoms. The van der Waals surface area contributed by atoms with Crippen LogP contribution in [0.3, 0.4) is 0 Å². The van der Waals surface area contributed by atoms with Crippen molar-refractivity contribution in [2.45, 2.75) is 58.7 Å². The van der Waals surface area contributed by atoms with Gasteiger partial charge in [-0.2, -0.15) is 5.10 Å². The predicted octanol–water partition coefficient (Wildman–Crippen LogP) is 4.21. The van der Waals surface area contributed by atoms with Gasteiger partial charge in [-0.25, -0.2) is 0 Å². The molecule has 0 N–H and O–H groups in total. The first-order valence-corrected chi connectivity index (χ1v) is 11.4. The standard InChI is InChI=1S/C25H33N3O3/c1-16-6-7-18-21(12-16)31-24(3,4)20-13-25(15-30-22(18)20)8-10-28(11-9-25)23(29)19-14-27(5)26-17(19)2/h6-7,12,14,20,22H,8-11,13,15H2,1-5H3/t20-,22+/m0/s1. The Labute approximate surface area is 184 Å². The summed E-state index contributed by atoms with van der Waals surface area (Å²) in [7, 11) is 1.86. The minimum atomic E-state index is -0.279. The molecule has 5 rings (SSSR count). The lowest BCUT2D eigenvalue weighted by molar-refractivity contribution is -0.173. The van der Waals surface area contributed by atoms with Gasteiger partial charge in [-0.05, 0) is 64.0 Å². The Morgan fingerprint density at radius 1 is 1.19 bits per heavy atom. The molecule has 166 valence electrons. The summed E-state index contributed by atoms with van der Waals surface area (Å²) in [5.74, 6) is 1.37. The van der Waals surface area contributed by atoms with E-state index in [9.17, 15) is 4.79 Å². The molecule has 1 aromatic carbocycles. The summed E-state index contributed by atoms with van der Waals surface area (Å²) < 4.78 is 14.8. The Morgan fingerprint density at radius 2 is 1.94 bits per heavy atom. The van der Waals surface area contributed by atoms with E-state index >= 15 is 0 Å². The van der Waals surface area contributed by atoms with Crippen molar-refractivity contribution in [2.75, 3.05) is 19.7 Å². The number of benzene rings is 1. The highest BCUT2D eigenvalue weighted by Crippen LogP contribution is 2.55. The summed E-state index contributed by atoms with van der Waals surface area (Å²) >= 11 is 0. The highest BCUT2D eigenvalue weighted by molar-refractivity contribution is 5.95. The van der Waals surface area contributed by atoms with Crippen molar-refractivity contribution < 1.29 is 14.3 Å². The number of piperidine rings is 1. The number of hydrogen-bond acceptors (Lipinski definition) is 4. The van der Waals surface area contributed by atoms with Gasteiger partial charge >= 0.3 is 0 Å². The van der Waals surface area contributed by atoms with E-state index in [1.165, 1.54) is 11.1 Å². The highest BCUT2D eigenvalue weighted by atomic mass is 16.5. The topological polar surface area (TPSA) is 56.6 Å². The molecule has 6 nitrogen and oxygen atoms in total.